The Hall–Kier alpha value is -1.20. The third-order valence-corrected chi connectivity index (χ3v) is 4.93. The highest BCUT2D eigenvalue weighted by atomic mass is 32.1. The highest BCUT2D eigenvalue weighted by Gasteiger charge is 2.31. The van der Waals surface area contributed by atoms with Crippen LogP contribution < -0.4 is 0 Å². The van der Waals surface area contributed by atoms with Crippen LogP contribution in [0.15, 0.2) is 6.07 Å². The molecule has 0 aromatic carbocycles. The number of likely N-dealkylation sites (N-methyl/N-ethyl adjacent to an activating group) is 1. The smallest absolute Gasteiger partial charge is 0.222 e. The number of nitrogens with zero attached hydrogens (tertiary/aromatic N) is 1. The summed E-state index contributed by atoms with van der Waals surface area (Å²) in [6.45, 7) is 4.28. The number of hydrogen-bond donors (Lipinski definition) is 1. The highest BCUT2D eigenvalue weighted by molar-refractivity contribution is 7.12. The standard InChI is InChI=1S/C16H23NO3S/c1-10-8-13(11(2)21-10)14(18)6-7-16(20)17(3)9-15(19)12-4-5-12/h8,12,15,19H,4-7,9H2,1-3H3. The zero-order valence-electron chi connectivity index (χ0n) is 12.9. The number of thiophene rings is 1. The van der Waals surface area contributed by atoms with Crippen molar-refractivity contribution in [2.75, 3.05) is 13.6 Å². The summed E-state index contributed by atoms with van der Waals surface area (Å²) < 4.78 is 0. The Morgan fingerprint density at radius 1 is 1.38 bits per heavy atom. The lowest BCUT2D eigenvalue weighted by molar-refractivity contribution is -0.131. The van der Waals surface area contributed by atoms with Crippen LogP contribution in [0.1, 0.15) is 45.8 Å². The molecule has 1 aromatic rings. The topological polar surface area (TPSA) is 57.6 Å². The van der Waals surface area contributed by atoms with E-state index in [2.05, 4.69) is 0 Å². The SMILES string of the molecule is Cc1cc(C(=O)CCC(=O)N(C)CC(O)C2CC2)c(C)s1. The van der Waals surface area contributed by atoms with E-state index in [-0.39, 0.29) is 24.5 Å². The second kappa shape index (κ2) is 6.71. The van der Waals surface area contributed by atoms with Gasteiger partial charge in [0.15, 0.2) is 5.78 Å². The molecule has 1 saturated carbocycles. The lowest BCUT2D eigenvalue weighted by Gasteiger charge is -2.20. The summed E-state index contributed by atoms with van der Waals surface area (Å²) in [4.78, 5) is 27.8. The summed E-state index contributed by atoms with van der Waals surface area (Å²) in [6, 6.07) is 1.90. The third kappa shape index (κ3) is 4.38. The number of hydrogen-bond acceptors (Lipinski definition) is 4. The van der Waals surface area contributed by atoms with E-state index < -0.39 is 6.10 Å². The maximum Gasteiger partial charge on any atom is 0.222 e. The zero-order chi connectivity index (χ0) is 15.6. The fraction of sp³-hybridized carbons (Fsp3) is 0.625. The maximum atomic E-state index is 12.1. The Labute approximate surface area is 129 Å². The van der Waals surface area contributed by atoms with Gasteiger partial charge in [0.2, 0.25) is 5.91 Å². The van der Waals surface area contributed by atoms with Gasteiger partial charge >= 0.3 is 0 Å². The third-order valence-electron chi connectivity index (χ3n) is 3.96. The van der Waals surface area contributed by atoms with Crippen LogP contribution in [0.25, 0.3) is 0 Å². The number of Topliss-reactive ketones (excluding diaryl/α,β-unsaturated/α-hetero) is 1. The van der Waals surface area contributed by atoms with E-state index in [1.165, 1.54) is 0 Å². The number of ketones is 1. The van der Waals surface area contributed by atoms with Crippen LogP contribution in [0.2, 0.25) is 0 Å². The number of carbonyl (C=O) groups is 2. The van der Waals surface area contributed by atoms with E-state index in [9.17, 15) is 14.7 Å². The molecule has 1 aromatic heterocycles. The van der Waals surface area contributed by atoms with Gasteiger partial charge < -0.3 is 10.0 Å². The molecule has 21 heavy (non-hydrogen) atoms. The van der Waals surface area contributed by atoms with Crippen molar-refractivity contribution in [3.05, 3.63) is 21.4 Å². The fourth-order valence-electron chi connectivity index (χ4n) is 2.47. The van der Waals surface area contributed by atoms with Crippen molar-refractivity contribution < 1.29 is 14.7 Å². The van der Waals surface area contributed by atoms with Crippen LogP contribution >= 0.6 is 11.3 Å². The number of aliphatic hydroxyl groups is 1. The first-order chi connectivity index (χ1) is 9.88. The molecule has 1 atom stereocenters. The molecule has 1 N–H and O–H groups in total. The molecule has 1 amide bonds. The van der Waals surface area contributed by atoms with Crippen LogP contribution in [0.4, 0.5) is 0 Å². The summed E-state index contributed by atoms with van der Waals surface area (Å²) in [7, 11) is 1.69. The molecule has 4 nitrogen and oxygen atoms in total. The Bertz CT molecular complexity index is 534. The van der Waals surface area contributed by atoms with E-state index in [0.717, 1.165) is 28.2 Å². The van der Waals surface area contributed by atoms with Gasteiger partial charge in [-0.15, -0.1) is 11.3 Å². The Kier molecular flexibility index (Phi) is 5.17. The van der Waals surface area contributed by atoms with Crippen LogP contribution in [-0.2, 0) is 4.79 Å². The predicted octanol–water partition coefficient (Wildman–Crippen LogP) is 2.56. The number of aliphatic hydroxyl groups excluding tert-OH is 1. The highest BCUT2D eigenvalue weighted by Crippen LogP contribution is 2.32. The molecule has 1 heterocycles. The Morgan fingerprint density at radius 3 is 2.57 bits per heavy atom. The second-order valence-corrected chi connectivity index (χ2v) is 7.39. The minimum Gasteiger partial charge on any atom is -0.391 e. The zero-order valence-corrected chi connectivity index (χ0v) is 13.7. The van der Waals surface area contributed by atoms with Gasteiger partial charge in [-0.05, 0) is 38.7 Å². The minimum atomic E-state index is -0.420. The van der Waals surface area contributed by atoms with Gasteiger partial charge in [-0.2, -0.15) is 0 Å². The largest absolute Gasteiger partial charge is 0.391 e. The quantitative estimate of drug-likeness (QED) is 0.788. The molecule has 0 saturated heterocycles. The molecule has 0 bridgehead atoms. The molecule has 5 heteroatoms. The molecule has 0 spiro atoms. The second-order valence-electron chi connectivity index (χ2n) is 5.93. The van der Waals surface area contributed by atoms with E-state index >= 15 is 0 Å². The molecule has 0 radical (unpaired) electrons. The lowest BCUT2D eigenvalue weighted by atomic mass is 10.1. The molecule has 1 aliphatic rings. The Balaban J connectivity index is 1.80. The van der Waals surface area contributed by atoms with Crippen molar-refractivity contribution in [3.8, 4) is 0 Å². The molecule has 0 aliphatic heterocycles. The number of rotatable bonds is 7. The van der Waals surface area contributed by atoms with Crippen molar-refractivity contribution in [1.29, 1.82) is 0 Å². The van der Waals surface area contributed by atoms with E-state index in [4.69, 9.17) is 0 Å². The van der Waals surface area contributed by atoms with Crippen molar-refractivity contribution in [3.63, 3.8) is 0 Å². The van der Waals surface area contributed by atoms with Crippen molar-refractivity contribution >= 4 is 23.0 Å². The van der Waals surface area contributed by atoms with E-state index in [1.807, 2.05) is 19.9 Å². The predicted molar refractivity (Wildman–Crippen MR) is 83.7 cm³/mol. The molecule has 116 valence electrons. The lowest BCUT2D eigenvalue weighted by Crippen LogP contribution is -2.35. The van der Waals surface area contributed by atoms with Crippen molar-refractivity contribution in [2.24, 2.45) is 5.92 Å². The Morgan fingerprint density at radius 2 is 2.05 bits per heavy atom. The molecule has 1 unspecified atom stereocenters. The molecule has 2 rings (SSSR count). The summed E-state index contributed by atoms with van der Waals surface area (Å²) >= 11 is 1.61. The average molecular weight is 309 g/mol. The summed E-state index contributed by atoms with van der Waals surface area (Å²) in [5, 5.41) is 9.84. The average Bonchev–Trinajstić information content (AvgIpc) is 3.21. The summed E-state index contributed by atoms with van der Waals surface area (Å²) in [5.74, 6) is 0.312. The van der Waals surface area contributed by atoms with E-state index in [1.54, 1.807) is 23.3 Å². The normalized spacial score (nSPS) is 15.8. The van der Waals surface area contributed by atoms with Gasteiger partial charge in [0.05, 0.1) is 6.10 Å². The van der Waals surface area contributed by atoms with E-state index in [0.29, 0.717) is 12.5 Å². The van der Waals surface area contributed by atoms with Gasteiger partial charge in [-0.3, -0.25) is 9.59 Å². The summed E-state index contributed by atoms with van der Waals surface area (Å²) in [5.41, 5.74) is 0.742. The number of amides is 1. The van der Waals surface area contributed by atoms with Gasteiger partial charge in [-0.1, -0.05) is 0 Å². The van der Waals surface area contributed by atoms with Crippen LogP contribution in [-0.4, -0.2) is 41.4 Å². The van der Waals surface area contributed by atoms with Crippen LogP contribution in [0.5, 0.6) is 0 Å². The number of carbonyl (C=O) groups excluding carboxylic acids is 2. The molecule has 1 fully saturated rings. The first-order valence-corrected chi connectivity index (χ1v) is 8.22. The van der Waals surface area contributed by atoms with Gasteiger partial charge in [0.25, 0.3) is 0 Å². The van der Waals surface area contributed by atoms with Gasteiger partial charge in [-0.25, -0.2) is 0 Å². The van der Waals surface area contributed by atoms with Crippen molar-refractivity contribution in [1.82, 2.24) is 4.90 Å². The molecular weight excluding hydrogens is 286 g/mol. The monoisotopic (exact) mass is 309 g/mol. The first kappa shape index (κ1) is 16.2. The molecular formula is C16H23NO3S. The van der Waals surface area contributed by atoms with Gasteiger partial charge in [0.1, 0.15) is 0 Å². The van der Waals surface area contributed by atoms with Crippen molar-refractivity contribution in [2.45, 2.75) is 45.6 Å². The fourth-order valence-corrected chi connectivity index (χ4v) is 3.41. The van der Waals surface area contributed by atoms with Crippen LogP contribution in [0, 0.1) is 19.8 Å². The summed E-state index contributed by atoms with van der Waals surface area (Å²) in [6.07, 6.45) is 2.13. The maximum absolute atomic E-state index is 12.1. The number of aryl methyl sites for hydroxylation is 2. The molecule has 1 aliphatic carbocycles. The minimum absolute atomic E-state index is 0.0290. The van der Waals surface area contributed by atoms with Gasteiger partial charge in [0, 0.05) is 41.8 Å². The van der Waals surface area contributed by atoms with Crippen LogP contribution in [0.3, 0.4) is 0 Å². The first-order valence-electron chi connectivity index (χ1n) is 7.40.